The first kappa shape index (κ1) is 21.1. The fraction of sp³-hybridized carbons (Fsp3) is 0.714. The summed E-state index contributed by atoms with van der Waals surface area (Å²) >= 11 is 0. The third-order valence-electron chi connectivity index (χ3n) is 5.04. The summed E-state index contributed by atoms with van der Waals surface area (Å²) in [4.78, 5) is 1.11. The SMILES string of the molecule is CCCCCC[NH+](CCC(CC)CCCC)c1cc(F)ccc1F. The number of halogens is 2. The molecule has 2 unspecified atom stereocenters. The molecule has 1 aromatic rings. The van der Waals surface area contributed by atoms with Gasteiger partial charge in [0.2, 0.25) is 0 Å². The molecule has 24 heavy (non-hydrogen) atoms. The van der Waals surface area contributed by atoms with Crippen molar-refractivity contribution < 1.29 is 13.7 Å². The summed E-state index contributed by atoms with van der Waals surface area (Å²) in [6, 6.07) is 3.87. The maximum absolute atomic E-state index is 14.2. The Morgan fingerprint density at radius 1 is 0.875 bits per heavy atom. The predicted octanol–water partition coefficient (Wildman–Crippen LogP) is 5.67. The molecule has 0 aliphatic heterocycles. The maximum atomic E-state index is 14.2. The van der Waals surface area contributed by atoms with Crippen molar-refractivity contribution in [2.45, 2.75) is 78.6 Å². The number of hydrogen-bond donors (Lipinski definition) is 1. The van der Waals surface area contributed by atoms with Crippen LogP contribution in [0.5, 0.6) is 0 Å². The van der Waals surface area contributed by atoms with Crippen molar-refractivity contribution in [2.24, 2.45) is 5.92 Å². The van der Waals surface area contributed by atoms with Gasteiger partial charge in [0.05, 0.1) is 13.1 Å². The second kappa shape index (κ2) is 12.4. The minimum absolute atomic E-state index is 0.275. The molecule has 0 saturated heterocycles. The number of quaternary nitrogens is 1. The molecule has 0 radical (unpaired) electrons. The monoisotopic (exact) mass is 340 g/mol. The van der Waals surface area contributed by atoms with E-state index in [9.17, 15) is 8.78 Å². The highest BCUT2D eigenvalue weighted by molar-refractivity contribution is 5.31. The van der Waals surface area contributed by atoms with Crippen LogP contribution in [0.3, 0.4) is 0 Å². The van der Waals surface area contributed by atoms with Crippen LogP contribution in [0.15, 0.2) is 18.2 Å². The van der Waals surface area contributed by atoms with E-state index in [0.29, 0.717) is 11.6 Å². The van der Waals surface area contributed by atoms with Crippen molar-refractivity contribution in [3.63, 3.8) is 0 Å². The van der Waals surface area contributed by atoms with Crippen LogP contribution < -0.4 is 4.90 Å². The molecule has 0 aromatic heterocycles. The van der Waals surface area contributed by atoms with Gasteiger partial charge in [0.15, 0.2) is 11.5 Å². The molecular formula is C21H36F2N+. The normalized spacial score (nSPS) is 13.9. The van der Waals surface area contributed by atoms with Crippen LogP contribution in [0.1, 0.15) is 78.6 Å². The lowest BCUT2D eigenvalue weighted by atomic mass is 9.95. The zero-order valence-corrected chi connectivity index (χ0v) is 15.8. The standard InChI is InChI=1S/C21H35F2N/c1-4-7-9-10-15-24(16-14-18(6-3)11-8-5-2)21-17-19(22)12-13-20(21)23/h12-13,17-18H,4-11,14-16H2,1-3H3/p+1. The van der Waals surface area contributed by atoms with Crippen molar-refractivity contribution in [2.75, 3.05) is 13.1 Å². The number of unbranched alkanes of at least 4 members (excludes halogenated alkanes) is 4. The molecule has 1 N–H and O–H groups in total. The summed E-state index contributed by atoms with van der Waals surface area (Å²) in [7, 11) is 0. The van der Waals surface area contributed by atoms with E-state index in [1.54, 1.807) is 0 Å². The van der Waals surface area contributed by atoms with Crippen molar-refractivity contribution in [1.82, 2.24) is 0 Å². The second-order valence-corrected chi connectivity index (χ2v) is 6.99. The molecule has 1 rings (SSSR count). The molecule has 1 aromatic carbocycles. The molecule has 2 atom stereocenters. The zero-order chi connectivity index (χ0) is 17.8. The summed E-state index contributed by atoms with van der Waals surface area (Å²) < 4.78 is 27.8. The van der Waals surface area contributed by atoms with Gasteiger partial charge in [-0.15, -0.1) is 0 Å². The van der Waals surface area contributed by atoms with E-state index in [2.05, 4.69) is 20.8 Å². The summed E-state index contributed by atoms with van der Waals surface area (Å²) in [5.41, 5.74) is 0.511. The molecule has 0 aliphatic rings. The van der Waals surface area contributed by atoms with Gasteiger partial charge in [-0.05, 0) is 37.3 Å². The van der Waals surface area contributed by atoms with Crippen LogP contribution >= 0.6 is 0 Å². The Labute approximate surface area is 147 Å². The summed E-state index contributed by atoms with van der Waals surface area (Å²) in [5, 5.41) is 0. The Morgan fingerprint density at radius 2 is 1.62 bits per heavy atom. The minimum Gasteiger partial charge on any atom is -0.300 e. The Morgan fingerprint density at radius 3 is 2.29 bits per heavy atom. The first-order valence-corrected chi connectivity index (χ1v) is 9.92. The van der Waals surface area contributed by atoms with E-state index < -0.39 is 0 Å². The third-order valence-corrected chi connectivity index (χ3v) is 5.04. The number of hydrogen-bond acceptors (Lipinski definition) is 0. The fourth-order valence-electron chi connectivity index (χ4n) is 3.35. The Kier molecular flexibility index (Phi) is 10.9. The van der Waals surface area contributed by atoms with Gasteiger partial charge in [-0.3, -0.25) is 4.90 Å². The summed E-state index contributed by atoms with van der Waals surface area (Å²) in [5.74, 6) is 0.0891. The van der Waals surface area contributed by atoms with Crippen LogP contribution in [-0.4, -0.2) is 13.1 Å². The third kappa shape index (κ3) is 7.74. The topological polar surface area (TPSA) is 4.44 Å². The highest BCUT2D eigenvalue weighted by Gasteiger charge is 2.19. The largest absolute Gasteiger partial charge is 0.300 e. The van der Waals surface area contributed by atoms with Crippen LogP contribution in [-0.2, 0) is 0 Å². The lowest BCUT2D eigenvalue weighted by Crippen LogP contribution is -3.07. The first-order valence-electron chi connectivity index (χ1n) is 9.92. The highest BCUT2D eigenvalue weighted by Crippen LogP contribution is 2.17. The summed E-state index contributed by atoms with van der Waals surface area (Å²) in [6.07, 6.45) is 10.7. The van der Waals surface area contributed by atoms with E-state index in [1.807, 2.05) is 0 Å². The Balaban J connectivity index is 2.71. The Bertz CT molecular complexity index is 447. The molecule has 138 valence electrons. The number of rotatable bonds is 13. The van der Waals surface area contributed by atoms with Gasteiger partial charge in [-0.1, -0.05) is 59.3 Å². The fourth-order valence-corrected chi connectivity index (χ4v) is 3.35. The van der Waals surface area contributed by atoms with Gasteiger partial charge in [0.25, 0.3) is 0 Å². The van der Waals surface area contributed by atoms with Crippen molar-refractivity contribution in [3.05, 3.63) is 29.8 Å². The first-order chi connectivity index (χ1) is 11.6. The van der Waals surface area contributed by atoms with Gasteiger partial charge in [0, 0.05) is 6.07 Å². The quantitative estimate of drug-likeness (QED) is 0.441. The molecule has 0 bridgehead atoms. The molecule has 0 spiro atoms. The van der Waals surface area contributed by atoms with E-state index in [1.165, 1.54) is 63.1 Å². The predicted molar refractivity (Wildman–Crippen MR) is 98.8 cm³/mol. The van der Waals surface area contributed by atoms with Crippen LogP contribution in [0.2, 0.25) is 0 Å². The average molecular weight is 341 g/mol. The van der Waals surface area contributed by atoms with Gasteiger partial charge in [0.1, 0.15) is 5.82 Å². The lowest BCUT2D eigenvalue weighted by Gasteiger charge is -2.22. The molecule has 0 aliphatic carbocycles. The average Bonchev–Trinajstić information content (AvgIpc) is 2.59. The van der Waals surface area contributed by atoms with Crippen molar-refractivity contribution >= 4 is 5.69 Å². The van der Waals surface area contributed by atoms with E-state index >= 15 is 0 Å². The van der Waals surface area contributed by atoms with Gasteiger partial charge >= 0.3 is 0 Å². The lowest BCUT2D eigenvalue weighted by molar-refractivity contribution is -0.835. The number of nitrogens with one attached hydrogen (secondary N) is 1. The number of benzene rings is 1. The van der Waals surface area contributed by atoms with Gasteiger partial charge < -0.3 is 0 Å². The van der Waals surface area contributed by atoms with Gasteiger partial charge in [-0.25, -0.2) is 8.78 Å². The van der Waals surface area contributed by atoms with Crippen molar-refractivity contribution in [3.8, 4) is 0 Å². The Hall–Kier alpha value is -0.960. The van der Waals surface area contributed by atoms with Crippen LogP contribution in [0.25, 0.3) is 0 Å². The molecule has 0 saturated carbocycles. The molecule has 1 nitrogen and oxygen atoms in total. The second-order valence-electron chi connectivity index (χ2n) is 6.99. The highest BCUT2D eigenvalue weighted by atomic mass is 19.1. The molecule has 0 amide bonds. The smallest absolute Gasteiger partial charge is 0.183 e. The van der Waals surface area contributed by atoms with Crippen molar-refractivity contribution in [1.29, 1.82) is 0 Å². The molecule has 0 heterocycles. The van der Waals surface area contributed by atoms with E-state index in [0.717, 1.165) is 30.8 Å². The molecular weight excluding hydrogens is 304 g/mol. The molecule has 3 heteroatoms. The minimum atomic E-state index is -0.338. The zero-order valence-electron chi connectivity index (χ0n) is 15.8. The van der Waals surface area contributed by atoms with E-state index in [-0.39, 0.29) is 11.6 Å². The van der Waals surface area contributed by atoms with E-state index in [4.69, 9.17) is 0 Å². The molecule has 0 fully saturated rings. The van der Waals surface area contributed by atoms with Gasteiger partial charge in [-0.2, -0.15) is 0 Å². The van der Waals surface area contributed by atoms with Crippen LogP contribution in [0.4, 0.5) is 14.5 Å². The summed E-state index contributed by atoms with van der Waals surface area (Å²) in [6.45, 7) is 8.44. The van der Waals surface area contributed by atoms with Crippen LogP contribution in [0, 0.1) is 17.6 Å². The maximum Gasteiger partial charge on any atom is 0.183 e.